The number of benzene rings is 2. The summed E-state index contributed by atoms with van der Waals surface area (Å²) in [6.07, 6.45) is 1.98. The number of ketones is 1. The average Bonchev–Trinajstić information content (AvgIpc) is 2.45. The van der Waals surface area contributed by atoms with Crippen molar-refractivity contribution in [2.24, 2.45) is 0 Å². The fourth-order valence-electron chi connectivity index (χ4n) is 2.06. The van der Waals surface area contributed by atoms with Crippen LogP contribution in [0.5, 0.6) is 11.5 Å². The van der Waals surface area contributed by atoms with Crippen LogP contribution in [0.3, 0.4) is 0 Å². The highest BCUT2D eigenvalue weighted by atomic mass is 16.3. The van der Waals surface area contributed by atoms with Gasteiger partial charge < -0.3 is 10.2 Å². The van der Waals surface area contributed by atoms with Gasteiger partial charge in [0.05, 0.1) is 0 Å². The van der Waals surface area contributed by atoms with Gasteiger partial charge in [0, 0.05) is 17.9 Å². The first kappa shape index (κ1) is 13.9. The van der Waals surface area contributed by atoms with E-state index >= 15 is 0 Å². The Morgan fingerprint density at radius 2 is 1.80 bits per heavy atom. The van der Waals surface area contributed by atoms with E-state index in [2.05, 4.69) is 6.58 Å². The summed E-state index contributed by atoms with van der Waals surface area (Å²) in [5.74, 6) is 0.128. The van der Waals surface area contributed by atoms with Gasteiger partial charge in [0.1, 0.15) is 11.5 Å². The lowest BCUT2D eigenvalue weighted by molar-refractivity contribution is 0.0978. The maximum Gasteiger partial charge on any atom is 0.163 e. The lowest BCUT2D eigenvalue weighted by Crippen LogP contribution is -2.05. The molecule has 0 amide bonds. The fraction of sp³-hybridized carbons (Fsp3) is 0.118. The summed E-state index contributed by atoms with van der Waals surface area (Å²) >= 11 is 0. The Kier molecular flexibility index (Phi) is 4.20. The minimum atomic E-state index is -0.150. The summed E-state index contributed by atoms with van der Waals surface area (Å²) in [4.78, 5) is 12.2. The van der Waals surface area contributed by atoms with Gasteiger partial charge in [0.2, 0.25) is 0 Å². The van der Waals surface area contributed by atoms with Gasteiger partial charge in [-0.15, -0.1) is 6.58 Å². The predicted molar refractivity (Wildman–Crippen MR) is 78.1 cm³/mol. The Morgan fingerprint density at radius 3 is 2.40 bits per heavy atom. The Hall–Kier alpha value is -2.55. The van der Waals surface area contributed by atoms with Gasteiger partial charge in [-0.05, 0) is 42.0 Å². The van der Waals surface area contributed by atoms with E-state index < -0.39 is 0 Å². The van der Waals surface area contributed by atoms with Crippen molar-refractivity contribution in [3.05, 3.63) is 72.3 Å². The number of rotatable bonds is 5. The van der Waals surface area contributed by atoms with Crippen molar-refractivity contribution < 1.29 is 15.0 Å². The van der Waals surface area contributed by atoms with Gasteiger partial charge >= 0.3 is 0 Å². The Bertz CT molecular complexity index is 614. The average molecular weight is 268 g/mol. The molecule has 0 fully saturated rings. The maximum absolute atomic E-state index is 12.2. The number of allylic oxidation sites excluding steroid dienone is 1. The summed E-state index contributed by atoms with van der Waals surface area (Å²) in [5, 5.41) is 18.7. The number of phenols is 2. The van der Waals surface area contributed by atoms with Gasteiger partial charge in [-0.2, -0.15) is 0 Å². The normalized spacial score (nSPS) is 11.8. The molecule has 102 valence electrons. The fourth-order valence-corrected chi connectivity index (χ4v) is 2.06. The highest BCUT2D eigenvalue weighted by molar-refractivity contribution is 5.96. The first-order valence-electron chi connectivity index (χ1n) is 6.34. The first-order valence-corrected chi connectivity index (χ1v) is 6.34. The topological polar surface area (TPSA) is 57.5 Å². The molecule has 2 aromatic carbocycles. The van der Waals surface area contributed by atoms with E-state index in [0.717, 1.165) is 5.56 Å². The molecule has 3 nitrogen and oxygen atoms in total. The van der Waals surface area contributed by atoms with Crippen molar-refractivity contribution in [3.8, 4) is 11.5 Å². The van der Waals surface area contributed by atoms with Crippen LogP contribution in [-0.4, -0.2) is 16.0 Å². The number of hydrogen-bond donors (Lipinski definition) is 2. The van der Waals surface area contributed by atoms with Crippen LogP contribution in [0.25, 0.3) is 0 Å². The van der Waals surface area contributed by atoms with E-state index in [0.29, 0.717) is 5.56 Å². The smallest absolute Gasteiger partial charge is 0.163 e. The molecule has 0 aliphatic rings. The summed E-state index contributed by atoms with van der Waals surface area (Å²) in [5.41, 5.74) is 1.40. The molecule has 2 rings (SSSR count). The molecule has 0 bridgehead atoms. The van der Waals surface area contributed by atoms with Crippen molar-refractivity contribution in [1.82, 2.24) is 0 Å². The molecular weight excluding hydrogens is 252 g/mol. The molecule has 0 saturated heterocycles. The van der Waals surface area contributed by atoms with E-state index in [1.807, 2.05) is 6.07 Å². The van der Waals surface area contributed by atoms with Crippen molar-refractivity contribution in [3.63, 3.8) is 0 Å². The van der Waals surface area contributed by atoms with E-state index in [-0.39, 0.29) is 29.6 Å². The zero-order chi connectivity index (χ0) is 14.5. The number of phenolic OH excluding ortho intramolecular Hbond substituents is 2. The summed E-state index contributed by atoms with van der Waals surface area (Å²) in [6.45, 7) is 3.75. The standard InChI is InChI=1S/C17H16O3/c1-2-12(14-4-3-5-16(19)10-14)11-17(20)13-6-8-15(18)9-7-13/h2-10,12,18-19H,1,11H2. The third-order valence-electron chi connectivity index (χ3n) is 3.18. The van der Waals surface area contributed by atoms with E-state index in [4.69, 9.17) is 0 Å². The molecule has 20 heavy (non-hydrogen) atoms. The summed E-state index contributed by atoms with van der Waals surface area (Å²) in [6, 6.07) is 13.0. The third kappa shape index (κ3) is 3.26. The van der Waals surface area contributed by atoms with Gasteiger partial charge in [-0.1, -0.05) is 18.2 Å². The van der Waals surface area contributed by atoms with E-state index in [9.17, 15) is 15.0 Å². The first-order chi connectivity index (χ1) is 9.60. The number of aromatic hydroxyl groups is 2. The number of carbonyl (C=O) groups is 1. The monoisotopic (exact) mass is 268 g/mol. The van der Waals surface area contributed by atoms with Gasteiger partial charge in [-0.25, -0.2) is 0 Å². The molecule has 3 heteroatoms. The van der Waals surface area contributed by atoms with Gasteiger partial charge in [0.15, 0.2) is 5.78 Å². The highest BCUT2D eigenvalue weighted by Crippen LogP contribution is 2.26. The number of Topliss-reactive ketones (excluding diaryl/α,β-unsaturated/α-hetero) is 1. The zero-order valence-electron chi connectivity index (χ0n) is 11.0. The largest absolute Gasteiger partial charge is 0.508 e. The SMILES string of the molecule is C=CC(CC(=O)c1ccc(O)cc1)c1cccc(O)c1. The van der Waals surface area contributed by atoms with Crippen LogP contribution in [0.1, 0.15) is 28.3 Å². The van der Waals surface area contributed by atoms with Crippen LogP contribution in [-0.2, 0) is 0 Å². The lowest BCUT2D eigenvalue weighted by atomic mass is 9.91. The molecule has 2 N–H and O–H groups in total. The van der Waals surface area contributed by atoms with Gasteiger partial charge in [-0.3, -0.25) is 4.79 Å². The van der Waals surface area contributed by atoms with E-state index in [1.165, 1.54) is 12.1 Å². The molecule has 0 spiro atoms. The van der Waals surface area contributed by atoms with Crippen LogP contribution >= 0.6 is 0 Å². The second-order valence-corrected chi connectivity index (χ2v) is 4.61. The molecule has 0 aromatic heterocycles. The van der Waals surface area contributed by atoms with Crippen molar-refractivity contribution in [2.45, 2.75) is 12.3 Å². The van der Waals surface area contributed by atoms with Crippen molar-refractivity contribution in [2.75, 3.05) is 0 Å². The maximum atomic E-state index is 12.2. The van der Waals surface area contributed by atoms with Crippen LogP contribution in [0.2, 0.25) is 0 Å². The summed E-state index contributed by atoms with van der Waals surface area (Å²) < 4.78 is 0. The number of hydrogen-bond acceptors (Lipinski definition) is 3. The molecule has 0 aliphatic heterocycles. The van der Waals surface area contributed by atoms with Crippen molar-refractivity contribution in [1.29, 1.82) is 0 Å². The minimum absolute atomic E-state index is 0.0294. The quantitative estimate of drug-likeness (QED) is 0.643. The lowest BCUT2D eigenvalue weighted by Gasteiger charge is -2.12. The molecule has 0 radical (unpaired) electrons. The summed E-state index contributed by atoms with van der Waals surface area (Å²) in [7, 11) is 0. The highest BCUT2D eigenvalue weighted by Gasteiger charge is 2.15. The Morgan fingerprint density at radius 1 is 1.10 bits per heavy atom. The van der Waals surface area contributed by atoms with Crippen molar-refractivity contribution >= 4 is 5.78 Å². The molecule has 1 unspecified atom stereocenters. The predicted octanol–water partition coefficient (Wildman–Crippen LogP) is 3.64. The molecule has 0 aliphatic carbocycles. The second-order valence-electron chi connectivity index (χ2n) is 4.61. The van der Waals surface area contributed by atoms with Crippen LogP contribution < -0.4 is 0 Å². The minimum Gasteiger partial charge on any atom is -0.508 e. The number of carbonyl (C=O) groups excluding carboxylic acids is 1. The molecule has 1 atom stereocenters. The second kappa shape index (κ2) is 6.06. The van der Waals surface area contributed by atoms with Gasteiger partial charge in [0.25, 0.3) is 0 Å². The molecule has 2 aromatic rings. The van der Waals surface area contributed by atoms with Crippen LogP contribution in [0.4, 0.5) is 0 Å². The third-order valence-corrected chi connectivity index (χ3v) is 3.18. The zero-order valence-corrected chi connectivity index (χ0v) is 11.0. The van der Waals surface area contributed by atoms with Crippen LogP contribution in [0, 0.1) is 0 Å². The molecule has 0 saturated carbocycles. The molecular formula is C17H16O3. The van der Waals surface area contributed by atoms with Crippen LogP contribution in [0.15, 0.2) is 61.2 Å². The Balaban J connectivity index is 2.16. The molecule has 0 heterocycles. The Labute approximate surface area is 117 Å². The van der Waals surface area contributed by atoms with E-state index in [1.54, 1.807) is 36.4 Å².